The van der Waals surface area contributed by atoms with Crippen LogP contribution in [0.3, 0.4) is 0 Å². The maximum Gasteiger partial charge on any atom is 0.411 e. The van der Waals surface area contributed by atoms with Crippen LogP contribution < -0.4 is 10.6 Å². The number of nitrogens with zero attached hydrogens (tertiary/aromatic N) is 4. The Bertz CT molecular complexity index is 1150. The number of halogens is 2. The third-order valence-electron chi connectivity index (χ3n) is 4.52. The molecule has 31 heavy (non-hydrogen) atoms. The number of urea groups is 1. The first-order valence-electron chi connectivity index (χ1n) is 9.61. The van der Waals surface area contributed by atoms with Gasteiger partial charge in [-0.25, -0.2) is 23.9 Å². The molecular formula is C20H20ClFN6O3. The SMILES string of the molecule is CC(C)OC(=O)Nc1cnc2nc(-c3cc(NC(=O)N4CC(F)C4)ccc3Cl)cn2c1. The van der Waals surface area contributed by atoms with Gasteiger partial charge in [0.25, 0.3) is 0 Å². The van der Waals surface area contributed by atoms with Crippen molar-refractivity contribution in [2.45, 2.75) is 26.1 Å². The number of benzene rings is 1. The highest BCUT2D eigenvalue weighted by Crippen LogP contribution is 2.30. The highest BCUT2D eigenvalue weighted by atomic mass is 35.5. The van der Waals surface area contributed by atoms with E-state index in [1.807, 2.05) is 0 Å². The first-order chi connectivity index (χ1) is 14.8. The number of nitrogens with one attached hydrogen (secondary N) is 2. The maximum atomic E-state index is 13.0. The molecule has 3 aromatic rings. The molecule has 0 spiro atoms. The van der Waals surface area contributed by atoms with Gasteiger partial charge < -0.3 is 15.0 Å². The zero-order valence-electron chi connectivity index (χ0n) is 16.8. The predicted octanol–water partition coefficient (Wildman–Crippen LogP) is 4.19. The molecule has 0 aliphatic carbocycles. The molecule has 0 bridgehead atoms. The van der Waals surface area contributed by atoms with Gasteiger partial charge in [0.15, 0.2) is 0 Å². The summed E-state index contributed by atoms with van der Waals surface area (Å²) in [7, 11) is 0. The summed E-state index contributed by atoms with van der Waals surface area (Å²) < 4.78 is 19.7. The van der Waals surface area contributed by atoms with Crippen molar-refractivity contribution in [3.05, 3.63) is 41.8 Å². The van der Waals surface area contributed by atoms with Crippen molar-refractivity contribution in [2.24, 2.45) is 0 Å². The van der Waals surface area contributed by atoms with Gasteiger partial charge in [-0.15, -0.1) is 0 Å². The van der Waals surface area contributed by atoms with E-state index in [-0.39, 0.29) is 25.2 Å². The largest absolute Gasteiger partial charge is 0.447 e. The van der Waals surface area contributed by atoms with E-state index in [2.05, 4.69) is 20.6 Å². The molecule has 1 aliphatic rings. The lowest BCUT2D eigenvalue weighted by molar-refractivity contribution is 0.0974. The minimum atomic E-state index is -0.969. The third kappa shape index (κ3) is 4.69. The lowest BCUT2D eigenvalue weighted by atomic mass is 10.1. The van der Waals surface area contributed by atoms with Gasteiger partial charge in [-0.2, -0.15) is 0 Å². The Labute approximate surface area is 182 Å². The number of amides is 3. The lowest BCUT2D eigenvalue weighted by Crippen LogP contribution is -2.53. The van der Waals surface area contributed by atoms with Crippen LogP contribution in [0.4, 0.5) is 25.4 Å². The Hall–Kier alpha value is -3.40. The van der Waals surface area contributed by atoms with Crippen LogP contribution in [0, 0.1) is 0 Å². The van der Waals surface area contributed by atoms with Gasteiger partial charge in [-0.1, -0.05) is 11.6 Å². The smallest absolute Gasteiger partial charge is 0.411 e. The highest BCUT2D eigenvalue weighted by Gasteiger charge is 2.30. The summed E-state index contributed by atoms with van der Waals surface area (Å²) in [6.45, 7) is 3.69. The summed E-state index contributed by atoms with van der Waals surface area (Å²) in [6.07, 6.45) is 3.03. The monoisotopic (exact) mass is 446 g/mol. The minimum absolute atomic E-state index is 0.0888. The molecule has 1 saturated heterocycles. The number of likely N-dealkylation sites (tertiary alicyclic amines) is 1. The normalized spacial score (nSPS) is 13.9. The molecule has 0 saturated carbocycles. The van der Waals surface area contributed by atoms with Crippen LogP contribution >= 0.6 is 11.6 Å². The topological polar surface area (TPSA) is 101 Å². The quantitative estimate of drug-likeness (QED) is 0.625. The zero-order valence-corrected chi connectivity index (χ0v) is 17.6. The third-order valence-corrected chi connectivity index (χ3v) is 4.85. The van der Waals surface area contributed by atoms with E-state index in [0.29, 0.717) is 33.4 Å². The molecule has 9 nitrogen and oxygen atoms in total. The van der Waals surface area contributed by atoms with E-state index >= 15 is 0 Å². The molecule has 1 aliphatic heterocycles. The number of fused-ring (bicyclic) bond motifs is 1. The molecule has 1 fully saturated rings. The van der Waals surface area contributed by atoms with E-state index in [1.54, 1.807) is 48.8 Å². The number of imidazole rings is 1. The molecule has 4 rings (SSSR count). The van der Waals surface area contributed by atoms with E-state index in [9.17, 15) is 14.0 Å². The summed E-state index contributed by atoms with van der Waals surface area (Å²) in [5, 5.41) is 5.77. The fourth-order valence-electron chi connectivity index (χ4n) is 3.03. The number of rotatable bonds is 4. The van der Waals surface area contributed by atoms with Crippen LogP contribution in [-0.2, 0) is 4.74 Å². The van der Waals surface area contributed by atoms with Crippen molar-refractivity contribution in [3.8, 4) is 11.3 Å². The summed E-state index contributed by atoms with van der Waals surface area (Å²) >= 11 is 6.35. The first kappa shape index (κ1) is 20.9. The van der Waals surface area contributed by atoms with Gasteiger partial charge in [-0.3, -0.25) is 9.72 Å². The summed E-state index contributed by atoms with van der Waals surface area (Å²) in [6, 6.07) is 4.62. The van der Waals surface area contributed by atoms with Crippen LogP contribution in [0.2, 0.25) is 5.02 Å². The van der Waals surface area contributed by atoms with Gasteiger partial charge in [0.1, 0.15) is 6.17 Å². The van der Waals surface area contributed by atoms with Gasteiger partial charge in [0.05, 0.1) is 41.8 Å². The standard InChI is InChI=1S/C20H20ClFN6O3/c1-11(2)31-20(30)25-14-6-23-18-26-17(10-27(18)9-14)15-5-13(3-4-16(15)21)24-19(29)28-7-12(22)8-28/h3-6,9-12H,7-8H2,1-2H3,(H,24,29)(H,25,30). The Balaban J connectivity index is 1.55. The maximum absolute atomic E-state index is 13.0. The van der Waals surface area contributed by atoms with Crippen molar-refractivity contribution < 1.29 is 18.7 Å². The zero-order chi connectivity index (χ0) is 22.1. The summed E-state index contributed by atoms with van der Waals surface area (Å²) in [5.74, 6) is 0.401. The van der Waals surface area contributed by atoms with Crippen LogP contribution in [0.15, 0.2) is 36.8 Å². The number of hydrogen-bond acceptors (Lipinski definition) is 5. The minimum Gasteiger partial charge on any atom is -0.447 e. The van der Waals surface area contributed by atoms with Crippen molar-refractivity contribution in [1.29, 1.82) is 0 Å². The lowest BCUT2D eigenvalue weighted by Gasteiger charge is -2.34. The van der Waals surface area contributed by atoms with Crippen molar-refractivity contribution in [1.82, 2.24) is 19.3 Å². The molecule has 0 atom stereocenters. The molecule has 3 heterocycles. The number of carbonyl (C=O) groups excluding carboxylic acids is 2. The van der Waals surface area contributed by atoms with E-state index in [0.717, 1.165) is 0 Å². The number of ether oxygens (including phenoxy) is 1. The number of anilines is 2. The molecule has 2 N–H and O–H groups in total. The Kier molecular flexibility index (Phi) is 5.64. The summed E-state index contributed by atoms with van der Waals surface area (Å²) in [5.41, 5.74) is 2.07. The van der Waals surface area contributed by atoms with E-state index < -0.39 is 12.3 Å². The Morgan fingerprint density at radius 1 is 1.23 bits per heavy atom. The average Bonchev–Trinajstić information content (AvgIpc) is 3.09. The van der Waals surface area contributed by atoms with Crippen LogP contribution in [-0.4, -0.2) is 56.8 Å². The number of carbonyl (C=O) groups is 2. The Morgan fingerprint density at radius 2 is 2.00 bits per heavy atom. The van der Waals surface area contributed by atoms with E-state index in [4.69, 9.17) is 16.3 Å². The second-order valence-electron chi connectivity index (χ2n) is 7.38. The van der Waals surface area contributed by atoms with Gasteiger partial charge in [-0.05, 0) is 32.0 Å². The molecule has 0 radical (unpaired) electrons. The molecule has 1 aromatic carbocycles. The molecule has 0 unspecified atom stereocenters. The van der Waals surface area contributed by atoms with Gasteiger partial charge in [0, 0.05) is 23.6 Å². The van der Waals surface area contributed by atoms with Crippen LogP contribution in [0.1, 0.15) is 13.8 Å². The average molecular weight is 447 g/mol. The fourth-order valence-corrected chi connectivity index (χ4v) is 3.25. The molecule has 3 amide bonds. The first-order valence-corrected chi connectivity index (χ1v) is 9.98. The molecule has 11 heteroatoms. The van der Waals surface area contributed by atoms with Crippen molar-refractivity contribution in [3.63, 3.8) is 0 Å². The summed E-state index contributed by atoms with van der Waals surface area (Å²) in [4.78, 5) is 34.0. The number of aromatic nitrogens is 3. The van der Waals surface area contributed by atoms with Gasteiger partial charge >= 0.3 is 12.1 Å². The van der Waals surface area contributed by atoms with Crippen LogP contribution in [0.25, 0.3) is 17.0 Å². The Morgan fingerprint density at radius 3 is 2.71 bits per heavy atom. The predicted molar refractivity (Wildman–Crippen MR) is 114 cm³/mol. The molecular weight excluding hydrogens is 427 g/mol. The van der Waals surface area contributed by atoms with Gasteiger partial charge in [0.2, 0.25) is 5.78 Å². The molecule has 2 aromatic heterocycles. The number of hydrogen-bond donors (Lipinski definition) is 2. The second kappa shape index (κ2) is 8.38. The second-order valence-corrected chi connectivity index (χ2v) is 7.79. The van der Waals surface area contributed by atoms with Crippen molar-refractivity contribution >= 4 is 40.9 Å². The van der Waals surface area contributed by atoms with Crippen molar-refractivity contribution in [2.75, 3.05) is 23.7 Å². The highest BCUT2D eigenvalue weighted by molar-refractivity contribution is 6.33. The fraction of sp³-hybridized carbons (Fsp3) is 0.300. The molecule has 162 valence electrons. The van der Waals surface area contributed by atoms with E-state index in [1.165, 1.54) is 11.1 Å². The van der Waals surface area contributed by atoms with Crippen LogP contribution in [0.5, 0.6) is 0 Å². The number of alkyl halides is 1.